The van der Waals surface area contributed by atoms with Crippen molar-refractivity contribution in [2.24, 2.45) is 11.8 Å². The molecule has 0 spiro atoms. The van der Waals surface area contributed by atoms with Gasteiger partial charge in [-0.25, -0.2) is 0 Å². The van der Waals surface area contributed by atoms with E-state index in [1.807, 2.05) is 0 Å². The van der Waals surface area contributed by atoms with Gasteiger partial charge in [-0.3, -0.25) is 0 Å². The Labute approximate surface area is 62.4 Å². The normalized spacial score (nSPS) is 39.3. The lowest BCUT2D eigenvalue weighted by Crippen LogP contribution is -2.09. The molecule has 1 N–H and O–H groups in total. The predicted molar refractivity (Wildman–Crippen MR) is 40.4 cm³/mol. The van der Waals surface area contributed by atoms with E-state index < -0.39 is 0 Å². The monoisotopic (exact) mass is 139 g/mol. The van der Waals surface area contributed by atoms with Crippen molar-refractivity contribution < 1.29 is 5.11 Å². The maximum absolute atomic E-state index is 8.73. The fourth-order valence-electron chi connectivity index (χ4n) is 2.62. The molecule has 2 fully saturated rings. The first-order valence-corrected chi connectivity index (χ1v) is 4.35. The van der Waals surface area contributed by atoms with Crippen molar-refractivity contribution in [2.45, 2.75) is 32.1 Å². The first-order valence-electron chi connectivity index (χ1n) is 4.35. The molecule has 2 atom stereocenters. The third kappa shape index (κ3) is 0.968. The Kier molecular flexibility index (Phi) is 1.69. The van der Waals surface area contributed by atoms with E-state index in [-0.39, 0.29) is 0 Å². The van der Waals surface area contributed by atoms with Crippen molar-refractivity contribution in [3.63, 3.8) is 0 Å². The Hall–Kier alpha value is -0.0400. The van der Waals surface area contributed by atoms with Crippen LogP contribution < -0.4 is 0 Å². The molecule has 0 heterocycles. The van der Waals surface area contributed by atoms with E-state index in [4.69, 9.17) is 5.11 Å². The summed E-state index contributed by atoms with van der Waals surface area (Å²) in [5, 5.41) is 8.73. The van der Waals surface area contributed by atoms with Gasteiger partial charge >= 0.3 is 0 Å². The molecule has 2 aliphatic rings. The first kappa shape index (κ1) is 6.66. The SMILES string of the molecule is OCC[C]1CC2CCC1C2. The summed E-state index contributed by atoms with van der Waals surface area (Å²) in [7, 11) is 0. The quantitative estimate of drug-likeness (QED) is 0.618. The standard InChI is InChI=1S/C9H15O/c10-4-3-9-6-7-1-2-8(9)5-7/h7-8,10H,1-6H2. The van der Waals surface area contributed by atoms with Crippen LogP contribution in [-0.4, -0.2) is 11.7 Å². The van der Waals surface area contributed by atoms with Crippen LogP contribution in [0.15, 0.2) is 0 Å². The minimum absolute atomic E-state index is 0.374. The Morgan fingerprint density at radius 2 is 2.30 bits per heavy atom. The van der Waals surface area contributed by atoms with Crippen molar-refractivity contribution in [3.8, 4) is 0 Å². The first-order chi connectivity index (χ1) is 4.90. The molecule has 2 rings (SSSR count). The van der Waals surface area contributed by atoms with Crippen LogP contribution in [0, 0.1) is 17.8 Å². The summed E-state index contributed by atoms with van der Waals surface area (Å²) in [5.74, 6) is 3.59. The van der Waals surface area contributed by atoms with Crippen molar-refractivity contribution in [3.05, 3.63) is 5.92 Å². The zero-order chi connectivity index (χ0) is 6.97. The minimum Gasteiger partial charge on any atom is -0.396 e. The highest BCUT2D eigenvalue weighted by molar-refractivity contribution is 5.08. The Morgan fingerprint density at radius 1 is 1.40 bits per heavy atom. The van der Waals surface area contributed by atoms with Crippen molar-refractivity contribution in [2.75, 3.05) is 6.61 Å². The maximum Gasteiger partial charge on any atom is 0.0436 e. The highest BCUT2D eigenvalue weighted by Crippen LogP contribution is 2.50. The predicted octanol–water partition coefficient (Wildman–Crippen LogP) is 1.76. The Bertz CT molecular complexity index is 122. The van der Waals surface area contributed by atoms with Crippen LogP contribution in [0.5, 0.6) is 0 Å². The van der Waals surface area contributed by atoms with E-state index >= 15 is 0 Å². The third-order valence-corrected chi connectivity index (χ3v) is 3.10. The van der Waals surface area contributed by atoms with Gasteiger partial charge in [0.2, 0.25) is 0 Å². The zero-order valence-corrected chi connectivity index (χ0v) is 6.34. The molecule has 0 aromatic heterocycles. The zero-order valence-electron chi connectivity index (χ0n) is 6.34. The van der Waals surface area contributed by atoms with Gasteiger partial charge in [0.15, 0.2) is 0 Å². The van der Waals surface area contributed by atoms with Crippen LogP contribution in [0.1, 0.15) is 32.1 Å². The van der Waals surface area contributed by atoms with Crippen LogP contribution >= 0.6 is 0 Å². The average Bonchev–Trinajstić information content (AvgIpc) is 2.48. The van der Waals surface area contributed by atoms with Gasteiger partial charge in [0.05, 0.1) is 0 Å². The highest BCUT2D eigenvalue weighted by Gasteiger charge is 2.38. The summed E-state index contributed by atoms with van der Waals surface area (Å²) in [6, 6.07) is 0. The molecule has 0 aliphatic heterocycles. The molecule has 2 unspecified atom stereocenters. The van der Waals surface area contributed by atoms with Crippen LogP contribution in [0.25, 0.3) is 0 Å². The van der Waals surface area contributed by atoms with E-state index in [0.717, 1.165) is 18.3 Å². The van der Waals surface area contributed by atoms with Gasteiger partial charge in [-0.15, -0.1) is 0 Å². The summed E-state index contributed by atoms with van der Waals surface area (Å²) in [6.07, 6.45) is 6.64. The van der Waals surface area contributed by atoms with Crippen LogP contribution in [0.2, 0.25) is 0 Å². The molecule has 10 heavy (non-hydrogen) atoms. The lowest BCUT2D eigenvalue weighted by atomic mass is 9.87. The molecule has 1 heteroatoms. The van der Waals surface area contributed by atoms with Gasteiger partial charge in [0.1, 0.15) is 0 Å². The van der Waals surface area contributed by atoms with E-state index in [1.54, 1.807) is 5.92 Å². The summed E-state index contributed by atoms with van der Waals surface area (Å²) in [5.41, 5.74) is 0. The van der Waals surface area contributed by atoms with Gasteiger partial charge in [0.25, 0.3) is 0 Å². The lowest BCUT2D eigenvalue weighted by molar-refractivity contribution is 0.280. The molecule has 2 saturated carbocycles. The number of hydrogen-bond donors (Lipinski definition) is 1. The molecular weight excluding hydrogens is 124 g/mol. The molecule has 2 bridgehead atoms. The minimum atomic E-state index is 0.374. The second-order valence-electron chi connectivity index (χ2n) is 3.71. The number of aliphatic hydroxyl groups is 1. The number of aliphatic hydroxyl groups excluding tert-OH is 1. The van der Waals surface area contributed by atoms with Gasteiger partial charge in [-0.2, -0.15) is 0 Å². The molecule has 57 valence electrons. The molecule has 1 radical (unpaired) electrons. The smallest absolute Gasteiger partial charge is 0.0436 e. The molecule has 0 aromatic rings. The van der Waals surface area contributed by atoms with Crippen LogP contribution in [-0.2, 0) is 0 Å². The Balaban J connectivity index is 1.90. The maximum atomic E-state index is 8.73. The van der Waals surface area contributed by atoms with Crippen molar-refractivity contribution in [1.82, 2.24) is 0 Å². The largest absolute Gasteiger partial charge is 0.396 e. The summed E-state index contributed by atoms with van der Waals surface area (Å²) >= 11 is 0. The Morgan fingerprint density at radius 3 is 2.80 bits per heavy atom. The van der Waals surface area contributed by atoms with Gasteiger partial charge < -0.3 is 5.11 Å². The van der Waals surface area contributed by atoms with Crippen LogP contribution in [0.4, 0.5) is 0 Å². The van der Waals surface area contributed by atoms with Crippen LogP contribution in [0.3, 0.4) is 0 Å². The van der Waals surface area contributed by atoms with Crippen molar-refractivity contribution in [1.29, 1.82) is 0 Å². The third-order valence-electron chi connectivity index (χ3n) is 3.10. The number of fused-ring (bicyclic) bond motifs is 2. The summed E-state index contributed by atoms with van der Waals surface area (Å²) in [4.78, 5) is 0. The summed E-state index contributed by atoms with van der Waals surface area (Å²) in [6.45, 7) is 0.374. The molecule has 2 aliphatic carbocycles. The number of rotatable bonds is 2. The second kappa shape index (κ2) is 2.54. The second-order valence-corrected chi connectivity index (χ2v) is 3.71. The topological polar surface area (TPSA) is 20.2 Å². The average molecular weight is 139 g/mol. The molecule has 0 saturated heterocycles. The fraction of sp³-hybridized carbons (Fsp3) is 0.889. The van der Waals surface area contributed by atoms with E-state index in [0.29, 0.717) is 6.61 Å². The van der Waals surface area contributed by atoms with E-state index in [9.17, 15) is 0 Å². The van der Waals surface area contributed by atoms with Crippen molar-refractivity contribution >= 4 is 0 Å². The summed E-state index contributed by atoms with van der Waals surface area (Å²) < 4.78 is 0. The lowest BCUT2D eigenvalue weighted by Gasteiger charge is -2.19. The van der Waals surface area contributed by atoms with E-state index in [2.05, 4.69) is 0 Å². The number of hydrogen-bond acceptors (Lipinski definition) is 1. The van der Waals surface area contributed by atoms with E-state index in [1.165, 1.54) is 25.7 Å². The van der Waals surface area contributed by atoms with Gasteiger partial charge in [-0.05, 0) is 43.4 Å². The molecule has 0 amide bonds. The van der Waals surface area contributed by atoms with Gasteiger partial charge in [-0.1, -0.05) is 6.42 Å². The fourth-order valence-corrected chi connectivity index (χ4v) is 2.62. The van der Waals surface area contributed by atoms with Gasteiger partial charge in [0, 0.05) is 6.61 Å². The highest BCUT2D eigenvalue weighted by atomic mass is 16.3. The molecule has 1 nitrogen and oxygen atoms in total. The molecule has 0 aromatic carbocycles. The molecular formula is C9H15O.